The van der Waals surface area contributed by atoms with E-state index in [9.17, 15) is 9.90 Å². The smallest absolute Gasteiger partial charge is 0.168 e. The topological polar surface area (TPSA) is 49.8 Å². The number of phenolic OH excluding ortho intramolecular Hbond substituents is 1. The average Bonchev–Trinajstić information content (AvgIpc) is 2.30. The van der Waals surface area contributed by atoms with Crippen LogP contribution in [-0.4, -0.2) is 37.0 Å². The van der Waals surface area contributed by atoms with Gasteiger partial charge in [-0.25, -0.2) is 0 Å². The van der Waals surface area contributed by atoms with Gasteiger partial charge in [0.1, 0.15) is 0 Å². The molecule has 1 rings (SSSR count). The first-order valence-electron chi connectivity index (χ1n) is 6.09. The summed E-state index contributed by atoms with van der Waals surface area (Å²) in [6, 6.07) is 1.91. The zero-order valence-corrected chi connectivity index (χ0v) is 12.2. The van der Waals surface area contributed by atoms with Crippen LogP contribution in [0.2, 0.25) is 0 Å². The third kappa shape index (κ3) is 3.83. The van der Waals surface area contributed by atoms with E-state index in [-0.39, 0.29) is 11.5 Å². The highest BCUT2D eigenvalue weighted by Gasteiger charge is 2.15. The Labute approximate surface area is 114 Å². The van der Waals surface area contributed by atoms with E-state index in [0.29, 0.717) is 12.3 Å². The quantitative estimate of drug-likeness (QED) is 0.829. The molecule has 0 radical (unpaired) electrons. The zero-order valence-electron chi connectivity index (χ0n) is 12.2. The predicted molar refractivity (Wildman–Crippen MR) is 76.5 cm³/mol. The van der Waals surface area contributed by atoms with Crippen LogP contribution >= 0.6 is 0 Å². The molecule has 0 atom stereocenters. The van der Waals surface area contributed by atoms with E-state index in [1.165, 1.54) is 20.1 Å². The van der Waals surface area contributed by atoms with Crippen molar-refractivity contribution in [1.82, 2.24) is 4.90 Å². The number of rotatable bonds is 5. The van der Waals surface area contributed by atoms with Gasteiger partial charge in [-0.05, 0) is 51.2 Å². The largest absolute Gasteiger partial charge is 0.504 e. The first kappa shape index (κ1) is 15.2. The van der Waals surface area contributed by atoms with E-state index in [4.69, 9.17) is 4.74 Å². The van der Waals surface area contributed by atoms with Crippen molar-refractivity contribution in [2.24, 2.45) is 0 Å². The van der Waals surface area contributed by atoms with Gasteiger partial charge in [-0.15, -0.1) is 0 Å². The van der Waals surface area contributed by atoms with Crippen molar-refractivity contribution in [3.63, 3.8) is 0 Å². The fraction of sp³-hybridized carbons (Fsp3) is 0.400. The molecule has 19 heavy (non-hydrogen) atoms. The summed E-state index contributed by atoms with van der Waals surface area (Å²) in [5.74, 6) is 0.487. The fourth-order valence-electron chi connectivity index (χ4n) is 1.92. The number of methoxy groups -OCH3 is 1. The average molecular weight is 263 g/mol. The number of benzene rings is 1. The molecule has 0 aliphatic heterocycles. The highest BCUT2D eigenvalue weighted by atomic mass is 16.5. The van der Waals surface area contributed by atoms with Gasteiger partial charge in [-0.1, -0.05) is 6.07 Å². The number of ketones is 1. The molecule has 104 valence electrons. The Bertz CT molecular complexity index is 505. The maximum Gasteiger partial charge on any atom is 0.168 e. The molecule has 4 heteroatoms. The molecule has 0 unspecified atom stereocenters. The Hall–Kier alpha value is -1.81. The molecule has 0 amide bonds. The minimum atomic E-state index is -0.0436. The molecule has 0 aromatic heterocycles. The molecular formula is C15H21NO3. The number of carbonyl (C=O) groups excluding carboxylic acids is 1. The third-order valence-corrected chi connectivity index (χ3v) is 2.75. The molecule has 1 aromatic rings. The Morgan fingerprint density at radius 1 is 1.47 bits per heavy atom. The van der Waals surface area contributed by atoms with Crippen LogP contribution in [0.4, 0.5) is 0 Å². The van der Waals surface area contributed by atoms with Crippen molar-refractivity contribution < 1.29 is 14.6 Å². The van der Waals surface area contributed by atoms with E-state index in [1.54, 1.807) is 6.08 Å². The molecule has 4 nitrogen and oxygen atoms in total. The monoisotopic (exact) mass is 263 g/mol. The maximum atomic E-state index is 11.1. The summed E-state index contributed by atoms with van der Waals surface area (Å²) in [5, 5.41) is 10.0. The number of hydrogen-bond acceptors (Lipinski definition) is 4. The first-order chi connectivity index (χ1) is 8.86. The van der Waals surface area contributed by atoms with Crippen LogP contribution in [0.25, 0.3) is 6.08 Å². The molecule has 0 heterocycles. The number of phenols is 1. The van der Waals surface area contributed by atoms with Gasteiger partial charge in [0.2, 0.25) is 0 Å². The van der Waals surface area contributed by atoms with E-state index in [1.807, 2.05) is 32.0 Å². The molecule has 0 bridgehead atoms. The maximum absolute atomic E-state index is 11.1. The Morgan fingerprint density at radius 2 is 2.11 bits per heavy atom. The lowest BCUT2D eigenvalue weighted by Crippen LogP contribution is -2.12. The van der Waals surface area contributed by atoms with Crippen LogP contribution < -0.4 is 4.74 Å². The second-order valence-electron chi connectivity index (χ2n) is 4.83. The zero-order chi connectivity index (χ0) is 14.6. The predicted octanol–water partition coefficient (Wildman–Crippen LogP) is 2.37. The van der Waals surface area contributed by atoms with Crippen molar-refractivity contribution in [3.05, 3.63) is 28.8 Å². The van der Waals surface area contributed by atoms with E-state index in [2.05, 4.69) is 0 Å². The lowest BCUT2D eigenvalue weighted by molar-refractivity contribution is -0.112. The van der Waals surface area contributed by atoms with E-state index >= 15 is 0 Å². The molecule has 0 aliphatic rings. The van der Waals surface area contributed by atoms with Crippen LogP contribution in [0.5, 0.6) is 11.5 Å². The number of nitrogens with zero attached hydrogens (tertiary/aromatic N) is 1. The molecule has 0 saturated carbocycles. The Morgan fingerprint density at radius 3 is 2.58 bits per heavy atom. The first-order valence-corrected chi connectivity index (χ1v) is 6.09. The van der Waals surface area contributed by atoms with Gasteiger partial charge in [0, 0.05) is 12.1 Å². The summed E-state index contributed by atoms with van der Waals surface area (Å²) in [5.41, 5.74) is 2.51. The van der Waals surface area contributed by atoms with Crippen molar-refractivity contribution in [2.75, 3.05) is 21.2 Å². The molecule has 0 fully saturated rings. The van der Waals surface area contributed by atoms with Gasteiger partial charge >= 0.3 is 0 Å². The van der Waals surface area contributed by atoms with Gasteiger partial charge in [-0.2, -0.15) is 0 Å². The number of aromatic hydroxyl groups is 1. The van der Waals surface area contributed by atoms with E-state index in [0.717, 1.165) is 16.7 Å². The molecule has 1 aromatic carbocycles. The molecular weight excluding hydrogens is 242 g/mol. The van der Waals surface area contributed by atoms with Gasteiger partial charge in [0.05, 0.1) is 7.11 Å². The van der Waals surface area contributed by atoms with Gasteiger partial charge < -0.3 is 14.7 Å². The standard InChI is InChI=1S/C15H21NO3/c1-10-8-12(9-16(3)4)13(7-6-11(2)17)15(19-5)14(10)18/h6-8,18H,9H2,1-5H3/b7-6+. The lowest BCUT2D eigenvalue weighted by atomic mass is 10.0. The minimum absolute atomic E-state index is 0.0436. The number of aryl methyl sites for hydroxylation is 1. The van der Waals surface area contributed by atoms with Gasteiger partial charge in [0.25, 0.3) is 0 Å². The van der Waals surface area contributed by atoms with Crippen LogP contribution in [0.15, 0.2) is 12.1 Å². The van der Waals surface area contributed by atoms with Crippen molar-refractivity contribution in [3.8, 4) is 11.5 Å². The molecule has 0 aliphatic carbocycles. The van der Waals surface area contributed by atoms with Gasteiger partial charge in [-0.3, -0.25) is 4.79 Å². The molecule has 1 N–H and O–H groups in total. The summed E-state index contributed by atoms with van der Waals surface area (Å²) in [4.78, 5) is 13.1. The Balaban J connectivity index is 3.43. The van der Waals surface area contributed by atoms with Crippen LogP contribution in [0.1, 0.15) is 23.6 Å². The van der Waals surface area contributed by atoms with Crippen LogP contribution in [0, 0.1) is 6.92 Å². The van der Waals surface area contributed by atoms with Gasteiger partial charge in [0.15, 0.2) is 17.3 Å². The van der Waals surface area contributed by atoms with Crippen molar-refractivity contribution in [1.29, 1.82) is 0 Å². The summed E-state index contributed by atoms with van der Waals surface area (Å²) in [7, 11) is 5.44. The SMILES string of the molecule is COc1c(O)c(C)cc(CN(C)C)c1/C=C/C(C)=O. The van der Waals surface area contributed by atoms with Crippen LogP contribution in [-0.2, 0) is 11.3 Å². The number of hydrogen-bond donors (Lipinski definition) is 1. The van der Waals surface area contributed by atoms with E-state index < -0.39 is 0 Å². The fourth-order valence-corrected chi connectivity index (χ4v) is 1.92. The number of ether oxygens (including phenoxy) is 1. The second kappa shape index (κ2) is 6.38. The highest BCUT2D eigenvalue weighted by Crippen LogP contribution is 2.37. The lowest BCUT2D eigenvalue weighted by Gasteiger charge is -2.17. The summed E-state index contributed by atoms with van der Waals surface area (Å²) in [6.07, 6.45) is 3.17. The van der Waals surface area contributed by atoms with Crippen LogP contribution in [0.3, 0.4) is 0 Å². The highest BCUT2D eigenvalue weighted by molar-refractivity contribution is 5.92. The second-order valence-corrected chi connectivity index (χ2v) is 4.83. The summed E-state index contributed by atoms with van der Waals surface area (Å²) in [6.45, 7) is 4.02. The molecule has 0 spiro atoms. The summed E-state index contributed by atoms with van der Waals surface area (Å²) < 4.78 is 5.28. The minimum Gasteiger partial charge on any atom is -0.504 e. The van der Waals surface area contributed by atoms with Crippen molar-refractivity contribution >= 4 is 11.9 Å². The Kier molecular flexibility index (Phi) is 5.12. The third-order valence-electron chi connectivity index (χ3n) is 2.75. The molecule has 0 saturated heterocycles. The van der Waals surface area contributed by atoms with Crippen molar-refractivity contribution in [2.45, 2.75) is 20.4 Å². The number of carbonyl (C=O) groups is 1. The number of allylic oxidation sites excluding steroid dienone is 1. The summed E-state index contributed by atoms with van der Waals surface area (Å²) >= 11 is 0. The normalized spacial score (nSPS) is 11.3.